The summed E-state index contributed by atoms with van der Waals surface area (Å²) >= 11 is 0. The molecular weight excluding hydrogens is 180 g/mol. The number of rotatable bonds is 4. The average Bonchev–Trinajstić information content (AvgIpc) is 2.26. The van der Waals surface area contributed by atoms with Crippen molar-refractivity contribution in [1.82, 2.24) is 0 Å². The van der Waals surface area contributed by atoms with Gasteiger partial charge in [0.25, 0.3) is 0 Å². The Kier molecular flexibility index (Phi) is 4.13. The molecule has 1 aromatic rings. The molecule has 0 bridgehead atoms. The highest BCUT2D eigenvalue weighted by Gasteiger charge is 2.17. The fourth-order valence-electron chi connectivity index (χ4n) is 1.05. The predicted octanol–water partition coefficient (Wildman–Crippen LogP) is 1.67. The maximum absolute atomic E-state index is 11.2. The van der Waals surface area contributed by atoms with Gasteiger partial charge >= 0.3 is 5.97 Å². The molecule has 0 fully saturated rings. The number of hydrogen-bond donors (Lipinski definition) is 1. The third kappa shape index (κ3) is 2.85. The molecule has 76 valence electrons. The van der Waals surface area contributed by atoms with Crippen LogP contribution in [0.15, 0.2) is 30.3 Å². The van der Waals surface area contributed by atoms with E-state index in [2.05, 4.69) is 0 Å². The molecule has 0 saturated carbocycles. The van der Waals surface area contributed by atoms with Crippen molar-refractivity contribution in [2.45, 2.75) is 19.4 Å². The first-order valence-electron chi connectivity index (χ1n) is 4.65. The van der Waals surface area contributed by atoms with Gasteiger partial charge in [0.1, 0.15) is 0 Å². The van der Waals surface area contributed by atoms with Crippen molar-refractivity contribution >= 4 is 5.97 Å². The zero-order valence-electron chi connectivity index (χ0n) is 8.14. The van der Waals surface area contributed by atoms with Gasteiger partial charge in [0.15, 0.2) is 6.10 Å². The second kappa shape index (κ2) is 5.40. The van der Waals surface area contributed by atoms with Crippen LogP contribution in [0.4, 0.5) is 0 Å². The van der Waals surface area contributed by atoms with Gasteiger partial charge in [-0.15, -0.1) is 0 Å². The summed E-state index contributed by atoms with van der Waals surface area (Å²) in [4.78, 5) is 11.2. The Labute approximate surface area is 83.3 Å². The molecule has 0 spiro atoms. The fourth-order valence-corrected chi connectivity index (χ4v) is 1.05. The summed E-state index contributed by atoms with van der Waals surface area (Å²) in [6, 6.07) is 8.75. The molecule has 1 N–H and O–H groups in total. The third-order valence-electron chi connectivity index (χ3n) is 1.79. The van der Waals surface area contributed by atoms with E-state index in [4.69, 9.17) is 4.74 Å². The summed E-state index contributed by atoms with van der Waals surface area (Å²) in [5.41, 5.74) is 0.564. The van der Waals surface area contributed by atoms with Crippen molar-refractivity contribution < 1.29 is 14.6 Å². The van der Waals surface area contributed by atoms with Gasteiger partial charge in [0.2, 0.25) is 0 Å². The van der Waals surface area contributed by atoms with Crippen LogP contribution in [0, 0.1) is 0 Å². The molecule has 1 unspecified atom stereocenters. The standard InChI is InChI=1S/C11H14O3/c1-2-8-14-11(13)10(12)9-6-4-3-5-7-9/h3-7,10,12H,2,8H2,1H3. The topological polar surface area (TPSA) is 46.5 Å². The minimum Gasteiger partial charge on any atom is -0.464 e. The molecule has 1 atom stereocenters. The second-order valence-electron chi connectivity index (χ2n) is 2.98. The average molecular weight is 194 g/mol. The van der Waals surface area contributed by atoms with E-state index in [-0.39, 0.29) is 0 Å². The molecule has 14 heavy (non-hydrogen) atoms. The highest BCUT2D eigenvalue weighted by Crippen LogP contribution is 2.13. The summed E-state index contributed by atoms with van der Waals surface area (Å²) in [6.45, 7) is 2.25. The zero-order chi connectivity index (χ0) is 10.4. The van der Waals surface area contributed by atoms with E-state index >= 15 is 0 Å². The van der Waals surface area contributed by atoms with Crippen molar-refractivity contribution in [1.29, 1.82) is 0 Å². The summed E-state index contributed by atoms with van der Waals surface area (Å²) in [5, 5.41) is 9.54. The van der Waals surface area contributed by atoms with E-state index in [0.29, 0.717) is 12.2 Å². The largest absolute Gasteiger partial charge is 0.464 e. The zero-order valence-corrected chi connectivity index (χ0v) is 8.14. The van der Waals surface area contributed by atoms with Gasteiger partial charge in [-0.1, -0.05) is 37.3 Å². The van der Waals surface area contributed by atoms with Crippen LogP contribution >= 0.6 is 0 Å². The molecule has 0 heterocycles. The molecule has 0 aliphatic heterocycles. The van der Waals surface area contributed by atoms with E-state index in [1.165, 1.54) is 0 Å². The first kappa shape index (κ1) is 10.7. The van der Waals surface area contributed by atoms with Crippen LogP contribution in [0.1, 0.15) is 25.0 Å². The maximum atomic E-state index is 11.2. The number of hydrogen-bond acceptors (Lipinski definition) is 3. The molecule has 0 amide bonds. The van der Waals surface area contributed by atoms with Crippen LogP contribution in [0.25, 0.3) is 0 Å². The lowest BCUT2D eigenvalue weighted by Gasteiger charge is -2.09. The van der Waals surface area contributed by atoms with Gasteiger partial charge in [-0.05, 0) is 12.0 Å². The van der Waals surface area contributed by atoms with Crippen LogP contribution < -0.4 is 0 Å². The predicted molar refractivity (Wildman–Crippen MR) is 52.7 cm³/mol. The lowest BCUT2D eigenvalue weighted by atomic mass is 10.1. The molecule has 3 nitrogen and oxygen atoms in total. The molecule has 0 aromatic heterocycles. The molecule has 0 aliphatic rings. The van der Waals surface area contributed by atoms with Crippen LogP contribution in [0.3, 0.4) is 0 Å². The smallest absolute Gasteiger partial charge is 0.339 e. The minimum absolute atomic E-state index is 0.350. The lowest BCUT2D eigenvalue weighted by Crippen LogP contribution is -2.15. The van der Waals surface area contributed by atoms with E-state index in [9.17, 15) is 9.90 Å². The Bertz CT molecular complexity index is 282. The Balaban J connectivity index is 2.57. The Hall–Kier alpha value is -1.35. The van der Waals surface area contributed by atoms with Gasteiger partial charge < -0.3 is 9.84 Å². The van der Waals surface area contributed by atoms with Crippen molar-refractivity contribution in [2.75, 3.05) is 6.61 Å². The number of carbonyl (C=O) groups is 1. The maximum Gasteiger partial charge on any atom is 0.339 e. The number of benzene rings is 1. The van der Waals surface area contributed by atoms with Crippen LogP contribution in [0.5, 0.6) is 0 Å². The number of aliphatic hydroxyl groups excluding tert-OH is 1. The molecule has 0 saturated heterocycles. The van der Waals surface area contributed by atoms with Gasteiger partial charge in [-0.2, -0.15) is 0 Å². The van der Waals surface area contributed by atoms with E-state index in [0.717, 1.165) is 6.42 Å². The molecule has 0 radical (unpaired) electrons. The molecular formula is C11H14O3. The van der Waals surface area contributed by atoms with Crippen LogP contribution in [0.2, 0.25) is 0 Å². The van der Waals surface area contributed by atoms with Crippen molar-refractivity contribution in [3.63, 3.8) is 0 Å². The third-order valence-corrected chi connectivity index (χ3v) is 1.79. The fraction of sp³-hybridized carbons (Fsp3) is 0.364. The van der Waals surface area contributed by atoms with Gasteiger partial charge in [-0.3, -0.25) is 0 Å². The number of carbonyl (C=O) groups excluding carboxylic acids is 1. The lowest BCUT2D eigenvalue weighted by molar-refractivity contribution is -0.153. The van der Waals surface area contributed by atoms with Gasteiger partial charge in [0, 0.05) is 0 Å². The van der Waals surface area contributed by atoms with E-state index < -0.39 is 12.1 Å². The monoisotopic (exact) mass is 194 g/mol. The van der Waals surface area contributed by atoms with Crippen molar-refractivity contribution in [3.05, 3.63) is 35.9 Å². The van der Waals surface area contributed by atoms with E-state index in [1.807, 2.05) is 13.0 Å². The van der Waals surface area contributed by atoms with Gasteiger partial charge in [-0.25, -0.2) is 4.79 Å². The molecule has 1 aromatic carbocycles. The number of aliphatic hydroxyl groups is 1. The molecule has 0 aliphatic carbocycles. The minimum atomic E-state index is -1.16. The number of esters is 1. The summed E-state index contributed by atoms with van der Waals surface area (Å²) in [6.07, 6.45) is -0.407. The van der Waals surface area contributed by atoms with Crippen molar-refractivity contribution in [2.24, 2.45) is 0 Å². The first-order valence-corrected chi connectivity index (χ1v) is 4.65. The van der Waals surface area contributed by atoms with Gasteiger partial charge in [0.05, 0.1) is 6.61 Å². The quantitative estimate of drug-likeness (QED) is 0.742. The normalized spacial score (nSPS) is 12.1. The SMILES string of the molecule is CCCOC(=O)C(O)c1ccccc1. The van der Waals surface area contributed by atoms with Crippen LogP contribution in [-0.4, -0.2) is 17.7 Å². The Morgan fingerprint density at radius 3 is 2.64 bits per heavy atom. The summed E-state index contributed by atoms with van der Waals surface area (Å²) in [7, 11) is 0. The molecule has 3 heteroatoms. The van der Waals surface area contributed by atoms with Crippen molar-refractivity contribution in [3.8, 4) is 0 Å². The summed E-state index contributed by atoms with van der Waals surface area (Å²) in [5.74, 6) is -0.585. The Morgan fingerprint density at radius 2 is 2.07 bits per heavy atom. The van der Waals surface area contributed by atoms with E-state index in [1.54, 1.807) is 24.3 Å². The summed E-state index contributed by atoms with van der Waals surface area (Å²) < 4.78 is 4.82. The number of ether oxygens (including phenoxy) is 1. The highest BCUT2D eigenvalue weighted by atomic mass is 16.5. The first-order chi connectivity index (χ1) is 6.75. The Morgan fingerprint density at radius 1 is 1.43 bits per heavy atom. The van der Waals surface area contributed by atoms with Crippen LogP contribution in [-0.2, 0) is 9.53 Å². The second-order valence-corrected chi connectivity index (χ2v) is 2.98. The highest BCUT2D eigenvalue weighted by molar-refractivity contribution is 5.76. The molecule has 1 rings (SSSR count).